The fourth-order valence-electron chi connectivity index (χ4n) is 4.21. The Kier molecular flexibility index (Phi) is 4.79. The highest BCUT2D eigenvalue weighted by molar-refractivity contribution is 5.99. The molecule has 3 saturated heterocycles. The number of rotatable bonds is 3. The molecular formula is C22H25N3O3. The number of carbonyl (C=O) groups excluding carboxylic acids is 3. The van der Waals surface area contributed by atoms with Crippen LogP contribution in [-0.2, 0) is 9.59 Å². The smallest absolute Gasteiger partial charge is 0.253 e. The molecule has 2 aromatic carbocycles. The summed E-state index contributed by atoms with van der Waals surface area (Å²) in [4.78, 5) is 43.2. The second-order valence-corrected chi connectivity index (χ2v) is 7.95. The van der Waals surface area contributed by atoms with Gasteiger partial charge < -0.3 is 14.7 Å². The summed E-state index contributed by atoms with van der Waals surface area (Å²) in [6.07, 6.45) is 1.61. The molecule has 3 heterocycles. The summed E-state index contributed by atoms with van der Waals surface area (Å²) in [6, 6.07) is 13.6. The topological polar surface area (TPSA) is 60.9 Å². The van der Waals surface area contributed by atoms with Crippen LogP contribution in [0.15, 0.2) is 42.5 Å². The first-order valence-electron chi connectivity index (χ1n) is 9.73. The van der Waals surface area contributed by atoms with Crippen molar-refractivity contribution in [2.75, 3.05) is 33.7 Å². The number of hydrogen-bond donors (Lipinski definition) is 0. The van der Waals surface area contributed by atoms with Crippen LogP contribution in [-0.4, -0.2) is 72.2 Å². The number of nitrogens with zero attached hydrogens (tertiary/aromatic N) is 3. The fraction of sp³-hybridized carbons (Fsp3) is 0.409. The molecule has 0 spiro atoms. The number of benzene rings is 2. The lowest BCUT2D eigenvalue weighted by Crippen LogP contribution is -2.51. The van der Waals surface area contributed by atoms with Gasteiger partial charge in [-0.25, -0.2) is 0 Å². The van der Waals surface area contributed by atoms with Crippen LogP contribution in [0.2, 0.25) is 0 Å². The van der Waals surface area contributed by atoms with Crippen LogP contribution in [0.4, 0.5) is 0 Å². The minimum absolute atomic E-state index is 0.000242. The SMILES string of the molecule is CN(C)C(=O)CN1C(=O)[C@H]2CC[C@@H]1CN(C(=O)c1ccc3ccccc3c1)C2. The molecule has 3 fully saturated rings. The van der Waals surface area contributed by atoms with Gasteiger partial charge in [-0.15, -0.1) is 0 Å². The van der Waals surface area contributed by atoms with E-state index in [-0.39, 0.29) is 36.2 Å². The molecule has 0 radical (unpaired) electrons. The summed E-state index contributed by atoms with van der Waals surface area (Å²) in [6.45, 7) is 0.993. The maximum Gasteiger partial charge on any atom is 0.253 e. The van der Waals surface area contributed by atoms with E-state index in [1.807, 2.05) is 42.5 Å². The zero-order valence-electron chi connectivity index (χ0n) is 16.3. The van der Waals surface area contributed by atoms with Gasteiger partial charge in [0.05, 0.1) is 5.92 Å². The molecule has 28 heavy (non-hydrogen) atoms. The van der Waals surface area contributed by atoms with Crippen molar-refractivity contribution in [3.8, 4) is 0 Å². The number of amides is 3. The summed E-state index contributed by atoms with van der Waals surface area (Å²) < 4.78 is 0. The minimum atomic E-state index is -0.224. The highest BCUT2D eigenvalue weighted by Crippen LogP contribution is 2.30. The molecule has 3 aliphatic rings. The quantitative estimate of drug-likeness (QED) is 0.819. The van der Waals surface area contributed by atoms with E-state index < -0.39 is 0 Å². The molecule has 0 saturated carbocycles. The summed E-state index contributed by atoms with van der Waals surface area (Å²) >= 11 is 0. The maximum absolute atomic E-state index is 13.2. The second kappa shape index (κ2) is 7.26. The monoisotopic (exact) mass is 379 g/mol. The first-order valence-corrected chi connectivity index (χ1v) is 9.73. The van der Waals surface area contributed by atoms with Crippen LogP contribution in [0.1, 0.15) is 23.2 Å². The maximum atomic E-state index is 13.2. The van der Waals surface area contributed by atoms with Crippen LogP contribution < -0.4 is 0 Å². The number of likely N-dealkylation sites (N-methyl/N-ethyl adjacent to an activating group) is 1. The van der Waals surface area contributed by atoms with Crippen molar-refractivity contribution in [3.05, 3.63) is 48.0 Å². The van der Waals surface area contributed by atoms with E-state index in [9.17, 15) is 14.4 Å². The van der Waals surface area contributed by atoms with E-state index in [1.54, 1.807) is 23.9 Å². The molecule has 2 aromatic rings. The first kappa shape index (κ1) is 18.5. The lowest BCUT2D eigenvalue weighted by Gasteiger charge is -2.35. The fourth-order valence-corrected chi connectivity index (χ4v) is 4.21. The van der Waals surface area contributed by atoms with E-state index in [2.05, 4.69) is 0 Å². The number of carbonyl (C=O) groups is 3. The Morgan fingerprint density at radius 3 is 2.54 bits per heavy atom. The average molecular weight is 379 g/mol. The van der Waals surface area contributed by atoms with E-state index in [4.69, 9.17) is 0 Å². The zero-order chi connectivity index (χ0) is 19.8. The molecule has 2 bridgehead atoms. The lowest BCUT2D eigenvalue weighted by molar-refractivity contribution is -0.145. The molecule has 5 rings (SSSR count). The minimum Gasteiger partial charge on any atom is -0.347 e. The van der Waals surface area contributed by atoms with Crippen LogP contribution in [0, 0.1) is 5.92 Å². The molecular weight excluding hydrogens is 354 g/mol. The molecule has 3 aliphatic heterocycles. The first-order chi connectivity index (χ1) is 13.4. The highest BCUT2D eigenvalue weighted by atomic mass is 16.2. The van der Waals surface area contributed by atoms with Gasteiger partial charge >= 0.3 is 0 Å². The van der Waals surface area contributed by atoms with Crippen molar-refractivity contribution in [3.63, 3.8) is 0 Å². The van der Waals surface area contributed by atoms with Crippen molar-refractivity contribution >= 4 is 28.5 Å². The van der Waals surface area contributed by atoms with E-state index in [1.165, 1.54) is 4.90 Å². The molecule has 0 aliphatic carbocycles. The van der Waals surface area contributed by atoms with Gasteiger partial charge in [0.15, 0.2) is 0 Å². The van der Waals surface area contributed by atoms with Gasteiger partial charge in [0.25, 0.3) is 5.91 Å². The summed E-state index contributed by atoms with van der Waals surface area (Å²) in [5.41, 5.74) is 0.642. The van der Waals surface area contributed by atoms with Gasteiger partial charge in [0.2, 0.25) is 11.8 Å². The third-order valence-corrected chi connectivity index (χ3v) is 5.88. The van der Waals surface area contributed by atoms with Crippen LogP contribution >= 0.6 is 0 Å². The van der Waals surface area contributed by atoms with Crippen molar-refractivity contribution in [2.24, 2.45) is 5.92 Å². The molecule has 6 heteroatoms. The van der Waals surface area contributed by atoms with Crippen LogP contribution in [0.5, 0.6) is 0 Å². The Morgan fingerprint density at radius 2 is 1.79 bits per heavy atom. The van der Waals surface area contributed by atoms with Gasteiger partial charge in [-0.1, -0.05) is 30.3 Å². The zero-order valence-corrected chi connectivity index (χ0v) is 16.3. The summed E-state index contributed by atoms with van der Waals surface area (Å²) in [5, 5.41) is 2.12. The lowest BCUT2D eigenvalue weighted by atomic mass is 9.94. The van der Waals surface area contributed by atoms with Crippen molar-refractivity contribution < 1.29 is 14.4 Å². The second-order valence-electron chi connectivity index (χ2n) is 7.95. The van der Waals surface area contributed by atoms with Crippen molar-refractivity contribution in [1.29, 1.82) is 0 Å². The molecule has 0 N–H and O–H groups in total. The highest BCUT2D eigenvalue weighted by Gasteiger charge is 2.42. The average Bonchev–Trinajstić information content (AvgIpc) is 2.99. The largest absolute Gasteiger partial charge is 0.347 e. The van der Waals surface area contributed by atoms with Gasteiger partial charge in [-0.2, -0.15) is 0 Å². The van der Waals surface area contributed by atoms with Gasteiger partial charge in [-0.3, -0.25) is 14.4 Å². The standard InChI is InChI=1S/C22H25N3O3/c1-23(2)20(26)14-25-19-10-9-18(22(25)28)12-24(13-19)21(27)17-8-7-15-5-3-4-6-16(15)11-17/h3-8,11,18-19H,9-10,12-14H2,1-2H3/t18-,19+/m0/s1. The Morgan fingerprint density at radius 1 is 1.04 bits per heavy atom. The molecule has 3 amide bonds. The van der Waals surface area contributed by atoms with E-state index >= 15 is 0 Å². The molecule has 146 valence electrons. The molecule has 6 nitrogen and oxygen atoms in total. The van der Waals surface area contributed by atoms with E-state index in [0.717, 1.165) is 23.6 Å². The predicted octanol–water partition coefficient (Wildman–Crippen LogP) is 1.99. The number of hydrogen-bond acceptors (Lipinski definition) is 3. The predicted molar refractivity (Wildman–Crippen MR) is 107 cm³/mol. The Bertz CT molecular complexity index is 940. The molecule has 0 aromatic heterocycles. The van der Waals surface area contributed by atoms with E-state index in [0.29, 0.717) is 18.7 Å². The molecule has 2 atom stereocenters. The van der Waals surface area contributed by atoms with Gasteiger partial charge in [0.1, 0.15) is 6.54 Å². The molecule has 0 unspecified atom stereocenters. The van der Waals surface area contributed by atoms with Crippen LogP contribution in [0.3, 0.4) is 0 Å². The van der Waals surface area contributed by atoms with Crippen LogP contribution in [0.25, 0.3) is 10.8 Å². The third kappa shape index (κ3) is 3.35. The normalized spacial score (nSPS) is 21.7. The summed E-state index contributed by atoms with van der Waals surface area (Å²) in [5.74, 6) is -0.358. The summed E-state index contributed by atoms with van der Waals surface area (Å²) in [7, 11) is 3.39. The Balaban J connectivity index is 1.57. The van der Waals surface area contributed by atoms with Gasteiger partial charge in [0, 0.05) is 38.8 Å². The third-order valence-electron chi connectivity index (χ3n) is 5.88. The van der Waals surface area contributed by atoms with Crippen molar-refractivity contribution in [2.45, 2.75) is 18.9 Å². The number of piperidine rings is 1. The Labute approximate surface area is 164 Å². The number of fused-ring (bicyclic) bond motifs is 5. The van der Waals surface area contributed by atoms with Gasteiger partial charge in [-0.05, 0) is 35.7 Å². The Hall–Kier alpha value is -2.89. The van der Waals surface area contributed by atoms with Crippen molar-refractivity contribution in [1.82, 2.24) is 14.7 Å².